The Hall–Kier alpha value is -2.12. The number of unbranched alkanes of at least 4 members (excludes halogenated alkanes) is 2. The van der Waals surface area contributed by atoms with Crippen molar-refractivity contribution in [3.05, 3.63) is 0 Å². The maximum absolute atomic E-state index is 11.8. The zero-order valence-electron chi connectivity index (χ0n) is 15.0. The Balaban J connectivity index is 3.80. The third kappa shape index (κ3) is 11.4. The molecule has 8 nitrogen and oxygen atoms in total. The molecule has 1 atom stereocenters. The average Bonchev–Trinajstić information content (AvgIpc) is 2.46. The number of carbonyl (C=O) groups is 3. The molecule has 0 aliphatic rings. The van der Waals surface area contributed by atoms with E-state index >= 15 is 0 Å². The molecule has 0 aliphatic heterocycles. The number of carbonyl (C=O) groups excluding carboxylic acids is 3. The number of ether oxygens (including phenoxy) is 1. The summed E-state index contributed by atoms with van der Waals surface area (Å²) >= 11 is 0. The average molecular weight is 343 g/mol. The minimum absolute atomic E-state index is 0.219. The number of nitrogens with zero attached hydrogens (tertiary/aromatic N) is 1. The Morgan fingerprint density at radius 2 is 1.83 bits per heavy atom. The van der Waals surface area contributed by atoms with Crippen LogP contribution >= 0.6 is 0 Å². The summed E-state index contributed by atoms with van der Waals surface area (Å²) < 4.78 is 5.11. The van der Waals surface area contributed by atoms with E-state index in [0.29, 0.717) is 25.8 Å². The minimum atomic E-state index is -0.711. The Morgan fingerprint density at radius 3 is 2.38 bits per heavy atom. The smallest absolute Gasteiger partial charge is 0.407 e. The van der Waals surface area contributed by atoms with E-state index < -0.39 is 23.7 Å². The van der Waals surface area contributed by atoms with E-state index in [1.807, 2.05) is 0 Å². The fourth-order valence-electron chi connectivity index (χ4n) is 1.81. The molecule has 0 radical (unpaired) electrons. The number of rotatable bonds is 10. The first kappa shape index (κ1) is 21.9. The predicted molar refractivity (Wildman–Crippen MR) is 90.6 cm³/mol. The second kappa shape index (κ2) is 11.4. The molecule has 2 N–H and O–H groups in total. The van der Waals surface area contributed by atoms with Crippen molar-refractivity contribution in [1.29, 1.82) is 0 Å². The van der Waals surface area contributed by atoms with Crippen LogP contribution in [-0.4, -0.2) is 42.9 Å². The van der Waals surface area contributed by atoms with Crippen molar-refractivity contribution < 1.29 is 24.0 Å². The van der Waals surface area contributed by atoms with Crippen molar-refractivity contribution in [2.24, 2.45) is 5.16 Å². The number of oxime groups is 1. The normalized spacial score (nSPS) is 12.0. The molecule has 0 unspecified atom stereocenters. The monoisotopic (exact) mass is 343 g/mol. The van der Waals surface area contributed by atoms with Crippen LogP contribution in [0.1, 0.15) is 59.8 Å². The van der Waals surface area contributed by atoms with Crippen LogP contribution in [0.4, 0.5) is 4.79 Å². The third-order valence-corrected chi connectivity index (χ3v) is 2.93. The highest BCUT2D eigenvalue weighted by Gasteiger charge is 2.20. The Bertz CT molecular complexity index is 432. The van der Waals surface area contributed by atoms with Crippen LogP contribution in [0.25, 0.3) is 0 Å². The first-order valence-electron chi connectivity index (χ1n) is 8.12. The van der Waals surface area contributed by atoms with Crippen LogP contribution in [0, 0.1) is 0 Å². The van der Waals surface area contributed by atoms with Crippen molar-refractivity contribution in [3.63, 3.8) is 0 Å². The fourth-order valence-corrected chi connectivity index (χ4v) is 1.81. The summed E-state index contributed by atoms with van der Waals surface area (Å²) in [5.74, 6) is -0.842. The fraction of sp³-hybridized carbons (Fsp3) is 0.750. The standard InChI is InChI=1S/C16H29N3O5/c1-6-12(14(21)24-17-5)19-13(20)10-8-7-9-11-18-15(22)23-16(2,3)4/h12H,5-11H2,1-4H3,(H,18,22)(H,19,20)/t12-/m0/s1. The van der Waals surface area contributed by atoms with Gasteiger partial charge >= 0.3 is 12.1 Å². The first-order chi connectivity index (χ1) is 11.2. The molecule has 0 fully saturated rings. The van der Waals surface area contributed by atoms with Gasteiger partial charge < -0.3 is 20.2 Å². The molecule has 138 valence electrons. The molecule has 0 aromatic heterocycles. The number of nitrogens with one attached hydrogen (secondary N) is 2. The van der Waals surface area contributed by atoms with Gasteiger partial charge in [0.05, 0.1) is 0 Å². The molecule has 0 bridgehead atoms. The lowest BCUT2D eigenvalue weighted by Gasteiger charge is -2.19. The van der Waals surface area contributed by atoms with Gasteiger partial charge in [0.1, 0.15) is 11.6 Å². The lowest BCUT2D eigenvalue weighted by molar-refractivity contribution is -0.147. The summed E-state index contributed by atoms with van der Waals surface area (Å²) in [6.45, 7) is 10.7. The van der Waals surface area contributed by atoms with Crippen molar-refractivity contribution in [2.45, 2.75) is 71.4 Å². The van der Waals surface area contributed by atoms with Gasteiger partial charge in [-0.1, -0.05) is 18.5 Å². The molecular formula is C16H29N3O5. The second-order valence-corrected chi connectivity index (χ2v) is 6.31. The van der Waals surface area contributed by atoms with E-state index in [0.717, 1.165) is 12.8 Å². The van der Waals surface area contributed by atoms with Gasteiger partial charge in [0.25, 0.3) is 0 Å². The van der Waals surface area contributed by atoms with Gasteiger partial charge in [0, 0.05) is 19.7 Å². The highest BCUT2D eigenvalue weighted by Crippen LogP contribution is 2.06. The molecule has 0 aromatic rings. The molecule has 0 saturated carbocycles. The molecular weight excluding hydrogens is 314 g/mol. The lowest BCUT2D eigenvalue weighted by atomic mass is 10.1. The van der Waals surface area contributed by atoms with Crippen LogP contribution < -0.4 is 10.6 Å². The number of hydrogen-bond acceptors (Lipinski definition) is 6. The van der Waals surface area contributed by atoms with Crippen molar-refractivity contribution in [3.8, 4) is 0 Å². The van der Waals surface area contributed by atoms with Crippen LogP contribution in [0.2, 0.25) is 0 Å². The summed E-state index contributed by atoms with van der Waals surface area (Å²) in [6, 6.07) is -0.711. The van der Waals surface area contributed by atoms with E-state index in [1.165, 1.54) is 0 Å². The van der Waals surface area contributed by atoms with Crippen molar-refractivity contribution in [2.75, 3.05) is 6.54 Å². The van der Waals surface area contributed by atoms with Gasteiger partial charge in [0.15, 0.2) is 0 Å². The maximum atomic E-state index is 11.8. The van der Waals surface area contributed by atoms with Gasteiger partial charge in [-0.25, -0.2) is 9.59 Å². The van der Waals surface area contributed by atoms with E-state index in [4.69, 9.17) is 4.74 Å². The first-order valence-corrected chi connectivity index (χ1v) is 8.12. The van der Waals surface area contributed by atoms with Crippen LogP contribution in [-0.2, 0) is 19.2 Å². The van der Waals surface area contributed by atoms with Crippen molar-refractivity contribution in [1.82, 2.24) is 10.6 Å². The summed E-state index contributed by atoms with van der Waals surface area (Å²) in [5, 5.41) is 8.30. The zero-order valence-corrected chi connectivity index (χ0v) is 15.0. The SMILES string of the molecule is C=NOC(=O)[C@H](CC)NC(=O)CCCCCNC(=O)OC(C)(C)C. The minimum Gasteiger partial charge on any atom is -0.444 e. The third-order valence-electron chi connectivity index (χ3n) is 2.93. The molecule has 0 saturated heterocycles. The van der Waals surface area contributed by atoms with E-state index in [9.17, 15) is 14.4 Å². The lowest BCUT2D eigenvalue weighted by Crippen LogP contribution is -2.40. The Kier molecular flexibility index (Phi) is 10.4. The number of hydrogen-bond donors (Lipinski definition) is 2. The highest BCUT2D eigenvalue weighted by molar-refractivity contribution is 5.84. The maximum Gasteiger partial charge on any atom is 0.407 e. The van der Waals surface area contributed by atoms with Gasteiger partial charge in [-0.3, -0.25) is 4.79 Å². The number of alkyl carbamates (subject to hydrolysis) is 1. The molecule has 0 aromatic carbocycles. The quantitative estimate of drug-likeness (QED) is 0.273. The second-order valence-electron chi connectivity index (χ2n) is 6.31. The van der Waals surface area contributed by atoms with Crippen molar-refractivity contribution >= 4 is 24.7 Å². The van der Waals surface area contributed by atoms with Crippen LogP contribution in [0.3, 0.4) is 0 Å². The van der Waals surface area contributed by atoms with E-state index in [1.54, 1.807) is 27.7 Å². The van der Waals surface area contributed by atoms with Gasteiger partial charge in [0.2, 0.25) is 5.91 Å². The van der Waals surface area contributed by atoms with E-state index in [-0.39, 0.29) is 5.91 Å². The van der Waals surface area contributed by atoms with E-state index in [2.05, 4.69) is 27.3 Å². The summed E-state index contributed by atoms with van der Waals surface area (Å²) in [5.41, 5.74) is -0.514. The Labute approximate surface area is 143 Å². The molecule has 8 heteroatoms. The molecule has 0 heterocycles. The molecule has 0 aliphatic carbocycles. The predicted octanol–water partition coefficient (Wildman–Crippen LogP) is 2.13. The van der Waals surface area contributed by atoms with Gasteiger partial charge in [-0.2, -0.15) is 0 Å². The van der Waals surface area contributed by atoms with Gasteiger partial charge in [-0.05, 0) is 40.0 Å². The summed E-state index contributed by atoms with van der Waals surface area (Å²) in [7, 11) is 0. The number of amides is 2. The summed E-state index contributed by atoms with van der Waals surface area (Å²) in [4.78, 5) is 39.1. The highest BCUT2D eigenvalue weighted by atomic mass is 16.7. The molecule has 0 rings (SSSR count). The molecule has 24 heavy (non-hydrogen) atoms. The summed E-state index contributed by atoms with van der Waals surface area (Å²) in [6.07, 6.45) is 2.45. The Morgan fingerprint density at radius 1 is 1.17 bits per heavy atom. The van der Waals surface area contributed by atoms with Crippen LogP contribution in [0.5, 0.6) is 0 Å². The largest absolute Gasteiger partial charge is 0.444 e. The zero-order chi connectivity index (χ0) is 18.6. The van der Waals surface area contributed by atoms with Crippen LogP contribution in [0.15, 0.2) is 5.16 Å². The molecule has 2 amide bonds. The topological polar surface area (TPSA) is 106 Å². The van der Waals surface area contributed by atoms with Gasteiger partial charge in [-0.15, -0.1) is 0 Å². The molecule has 0 spiro atoms.